The van der Waals surface area contributed by atoms with Crippen LogP contribution in [0.25, 0.3) is 0 Å². The van der Waals surface area contributed by atoms with Crippen molar-refractivity contribution in [2.24, 2.45) is 5.73 Å². The van der Waals surface area contributed by atoms with Crippen molar-refractivity contribution >= 4 is 5.91 Å². The van der Waals surface area contributed by atoms with Gasteiger partial charge in [0.15, 0.2) is 6.29 Å². The largest absolute Gasteiger partial charge is 0.365 e. The number of primary amides is 1. The molecule has 1 aliphatic heterocycles. The van der Waals surface area contributed by atoms with Gasteiger partial charge in [0.05, 0.1) is 0 Å². The molecule has 70 valence electrons. The number of methoxy groups -OCH3 is 2. The van der Waals surface area contributed by atoms with E-state index in [-0.39, 0.29) is 0 Å². The van der Waals surface area contributed by atoms with Crippen molar-refractivity contribution in [1.82, 2.24) is 0 Å². The van der Waals surface area contributed by atoms with Gasteiger partial charge in [-0.1, -0.05) is 0 Å². The molecule has 1 saturated heterocycles. The Kier molecular flexibility index (Phi) is 2.66. The number of ether oxygens (including phenoxy) is 3. The van der Waals surface area contributed by atoms with Gasteiger partial charge in [0.2, 0.25) is 0 Å². The van der Waals surface area contributed by atoms with Crippen molar-refractivity contribution in [3.8, 4) is 0 Å². The summed E-state index contributed by atoms with van der Waals surface area (Å²) in [6.07, 6.45) is 0.669. The topological polar surface area (TPSA) is 70.8 Å². The van der Waals surface area contributed by atoms with Gasteiger partial charge in [0, 0.05) is 27.1 Å². The lowest BCUT2D eigenvalue weighted by Crippen LogP contribution is -2.45. The summed E-state index contributed by atoms with van der Waals surface area (Å²) in [6, 6.07) is 0. The molecule has 5 heteroatoms. The van der Waals surface area contributed by atoms with E-state index in [4.69, 9.17) is 19.9 Å². The van der Waals surface area contributed by atoms with Crippen molar-refractivity contribution < 1.29 is 19.0 Å². The van der Waals surface area contributed by atoms with Gasteiger partial charge in [0.25, 0.3) is 11.7 Å². The Balaban J connectivity index is 2.66. The molecule has 5 nitrogen and oxygen atoms in total. The molecule has 0 aromatic rings. The van der Waals surface area contributed by atoms with Gasteiger partial charge in [-0.25, -0.2) is 0 Å². The molecular formula is C7H13NO4. The van der Waals surface area contributed by atoms with E-state index in [1.165, 1.54) is 14.2 Å². The quantitative estimate of drug-likeness (QED) is 0.633. The molecule has 0 spiro atoms. The normalized spacial score (nSPS) is 35.3. The van der Waals surface area contributed by atoms with Gasteiger partial charge in [-0.3, -0.25) is 4.79 Å². The molecule has 0 saturated carbocycles. The second-order valence-corrected chi connectivity index (χ2v) is 2.64. The van der Waals surface area contributed by atoms with Crippen molar-refractivity contribution in [3.05, 3.63) is 0 Å². The van der Waals surface area contributed by atoms with Crippen LogP contribution in [0, 0.1) is 0 Å². The molecule has 1 rings (SSSR count). The summed E-state index contributed by atoms with van der Waals surface area (Å²) in [6.45, 7) is 0. The second kappa shape index (κ2) is 3.38. The molecule has 0 aromatic heterocycles. The molecule has 1 fully saturated rings. The molecule has 0 aliphatic carbocycles. The lowest BCUT2D eigenvalue weighted by atomic mass is 10.2. The number of amides is 1. The van der Waals surface area contributed by atoms with E-state index >= 15 is 0 Å². The summed E-state index contributed by atoms with van der Waals surface area (Å²) in [4.78, 5) is 10.9. The molecule has 0 bridgehead atoms. The molecule has 0 unspecified atom stereocenters. The maximum Gasteiger partial charge on any atom is 0.277 e. The minimum Gasteiger partial charge on any atom is -0.365 e. The molecule has 2 atom stereocenters. The first-order valence-electron chi connectivity index (χ1n) is 3.70. The minimum absolute atomic E-state index is 0.391. The SMILES string of the molecule is CO[C@@H]1CC[C@@](OC)(C(N)=O)O1. The van der Waals surface area contributed by atoms with E-state index in [0.29, 0.717) is 12.8 Å². The Hall–Kier alpha value is -0.650. The number of rotatable bonds is 3. The standard InChI is InChI=1S/C7H13NO4/c1-10-5-3-4-7(11-2,12-5)6(8)9/h5H,3-4H2,1-2H3,(H2,8,9)/t5-,7-/m0/s1. The maximum atomic E-state index is 10.9. The Labute approximate surface area is 70.8 Å². The van der Waals surface area contributed by atoms with Crippen LogP contribution in [-0.2, 0) is 19.0 Å². The molecule has 1 amide bonds. The highest BCUT2D eigenvalue weighted by Gasteiger charge is 2.46. The first-order chi connectivity index (χ1) is 5.64. The number of hydrogen-bond acceptors (Lipinski definition) is 4. The zero-order valence-corrected chi connectivity index (χ0v) is 7.20. The average Bonchev–Trinajstić information content (AvgIpc) is 2.48. The van der Waals surface area contributed by atoms with Crippen LogP contribution < -0.4 is 5.73 Å². The van der Waals surface area contributed by atoms with E-state index in [9.17, 15) is 4.79 Å². The Morgan fingerprint density at radius 2 is 2.33 bits per heavy atom. The fraction of sp³-hybridized carbons (Fsp3) is 0.857. The van der Waals surface area contributed by atoms with Crippen molar-refractivity contribution in [1.29, 1.82) is 0 Å². The molecule has 1 aliphatic rings. The van der Waals surface area contributed by atoms with E-state index < -0.39 is 18.0 Å². The van der Waals surface area contributed by atoms with E-state index in [1.54, 1.807) is 0 Å². The van der Waals surface area contributed by atoms with Gasteiger partial charge in [-0.2, -0.15) is 0 Å². The third kappa shape index (κ3) is 1.43. The summed E-state index contributed by atoms with van der Waals surface area (Å²) >= 11 is 0. The van der Waals surface area contributed by atoms with Gasteiger partial charge in [-0.15, -0.1) is 0 Å². The summed E-state index contributed by atoms with van der Waals surface area (Å²) in [5.41, 5.74) is 5.12. The fourth-order valence-electron chi connectivity index (χ4n) is 1.24. The Morgan fingerprint density at radius 3 is 2.58 bits per heavy atom. The van der Waals surface area contributed by atoms with Crippen LogP contribution in [0.2, 0.25) is 0 Å². The van der Waals surface area contributed by atoms with Crippen LogP contribution in [0.15, 0.2) is 0 Å². The summed E-state index contributed by atoms with van der Waals surface area (Å²) in [7, 11) is 2.90. The van der Waals surface area contributed by atoms with E-state index in [2.05, 4.69) is 0 Å². The minimum atomic E-state index is -1.28. The monoisotopic (exact) mass is 175 g/mol. The van der Waals surface area contributed by atoms with Crippen LogP contribution in [-0.4, -0.2) is 32.2 Å². The molecule has 0 radical (unpaired) electrons. The van der Waals surface area contributed by atoms with E-state index in [0.717, 1.165) is 0 Å². The highest BCUT2D eigenvalue weighted by Crippen LogP contribution is 2.30. The van der Waals surface area contributed by atoms with Crippen molar-refractivity contribution in [2.45, 2.75) is 24.9 Å². The van der Waals surface area contributed by atoms with Crippen LogP contribution in [0.5, 0.6) is 0 Å². The third-order valence-electron chi connectivity index (χ3n) is 2.00. The first-order valence-corrected chi connectivity index (χ1v) is 3.70. The van der Waals surface area contributed by atoms with Crippen LogP contribution in [0.3, 0.4) is 0 Å². The Bertz CT molecular complexity index is 184. The number of carbonyl (C=O) groups is 1. The number of hydrogen-bond donors (Lipinski definition) is 1. The van der Waals surface area contributed by atoms with Crippen LogP contribution >= 0.6 is 0 Å². The van der Waals surface area contributed by atoms with Gasteiger partial charge < -0.3 is 19.9 Å². The second-order valence-electron chi connectivity index (χ2n) is 2.64. The summed E-state index contributed by atoms with van der Waals surface area (Å²) < 4.78 is 15.0. The summed E-state index contributed by atoms with van der Waals surface area (Å²) in [5.74, 6) is -1.88. The molecular weight excluding hydrogens is 162 g/mol. The van der Waals surface area contributed by atoms with Crippen LogP contribution in [0.1, 0.15) is 12.8 Å². The molecule has 0 aromatic carbocycles. The molecule has 12 heavy (non-hydrogen) atoms. The number of carbonyl (C=O) groups excluding carboxylic acids is 1. The smallest absolute Gasteiger partial charge is 0.277 e. The van der Waals surface area contributed by atoms with Gasteiger partial charge in [-0.05, 0) is 0 Å². The van der Waals surface area contributed by atoms with Crippen molar-refractivity contribution in [3.63, 3.8) is 0 Å². The highest BCUT2D eigenvalue weighted by atomic mass is 16.8. The maximum absolute atomic E-state index is 10.9. The zero-order chi connectivity index (χ0) is 9.19. The fourth-order valence-corrected chi connectivity index (χ4v) is 1.24. The lowest BCUT2D eigenvalue weighted by Gasteiger charge is -2.23. The summed E-state index contributed by atoms with van der Waals surface area (Å²) in [5, 5.41) is 0. The van der Waals surface area contributed by atoms with Crippen LogP contribution in [0.4, 0.5) is 0 Å². The third-order valence-corrected chi connectivity index (χ3v) is 2.00. The van der Waals surface area contributed by atoms with Gasteiger partial charge >= 0.3 is 0 Å². The van der Waals surface area contributed by atoms with E-state index in [1.807, 2.05) is 0 Å². The Morgan fingerprint density at radius 1 is 1.67 bits per heavy atom. The highest BCUT2D eigenvalue weighted by molar-refractivity contribution is 5.82. The predicted octanol–water partition coefficient (Wildman–Crippen LogP) is -0.403. The number of nitrogens with two attached hydrogens (primary N) is 1. The average molecular weight is 175 g/mol. The van der Waals surface area contributed by atoms with Gasteiger partial charge in [0.1, 0.15) is 0 Å². The lowest BCUT2D eigenvalue weighted by molar-refractivity contribution is -0.245. The molecule has 1 heterocycles. The predicted molar refractivity (Wildman–Crippen MR) is 40.1 cm³/mol. The first kappa shape index (κ1) is 9.44. The zero-order valence-electron chi connectivity index (χ0n) is 7.20. The van der Waals surface area contributed by atoms with Crippen molar-refractivity contribution in [2.75, 3.05) is 14.2 Å². The molecule has 2 N–H and O–H groups in total.